The number of likely N-dealkylation sites (tertiary alicyclic amines) is 1. The third kappa shape index (κ3) is 5.72. The average molecular weight is 530 g/mol. The van der Waals surface area contributed by atoms with Gasteiger partial charge in [0.1, 0.15) is 0 Å². The minimum absolute atomic E-state index is 0.0741. The largest absolute Gasteiger partial charge is 0.505 e. The van der Waals surface area contributed by atoms with Gasteiger partial charge in [0.2, 0.25) is 11.8 Å². The normalized spacial score (nSPS) is 25.8. The van der Waals surface area contributed by atoms with Crippen molar-refractivity contribution < 1.29 is 34.0 Å². The van der Waals surface area contributed by atoms with E-state index in [1.807, 2.05) is 13.0 Å². The summed E-state index contributed by atoms with van der Waals surface area (Å²) in [4.78, 5) is 28.6. The number of aromatic hydroxyl groups is 1. The number of amides is 2. The summed E-state index contributed by atoms with van der Waals surface area (Å²) < 4.78 is 19.2. The Kier molecular flexibility index (Phi) is 9.39. The maximum atomic E-state index is 13.8. The fourth-order valence-corrected chi connectivity index (χ4v) is 6.67. The van der Waals surface area contributed by atoms with Crippen molar-refractivity contribution in [3.05, 3.63) is 46.3 Å². The van der Waals surface area contributed by atoms with Crippen molar-refractivity contribution in [1.82, 2.24) is 4.90 Å². The number of halogens is 1. The van der Waals surface area contributed by atoms with Crippen LogP contribution in [0.5, 0.6) is 5.75 Å². The highest BCUT2D eigenvalue weighted by Crippen LogP contribution is 2.47. The Balaban J connectivity index is 1.56. The van der Waals surface area contributed by atoms with E-state index in [0.29, 0.717) is 36.8 Å². The number of aliphatic hydroxyl groups excluding tert-OH is 2. The Morgan fingerprint density at radius 3 is 2.58 bits per heavy atom. The number of fused-ring (bicyclic) bond motifs is 1. The first kappa shape index (κ1) is 28.5. The van der Waals surface area contributed by atoms with Crippen LogP contribution in [0.4, 0.5) is 4.39 Å². The van der Waals surface area contributed by atoms with E-state index in [1.54, 1.807) is 13.2 Å². The molecule has 208 valence electrons. The molecule has 0 radical (unpaired) electrons. The monoisotopic (exact) mass is 529 g/mol. The molecule has 1 aromatic rings. The number of phenolic OH excluding ortho intramolecular Hbond substituents is 1. The molecule has 1 saturated heterocycles. The van der Waals surface area contributed by atoms with Crippen molar-refractivity contribution in [3.63, 3.8) is 0 Å². The van der Waals surface area contributed by atoms with Gasteiger partial charge in [-0.15, -0.1) is 0 Å². The number of hydrogen-bond donors (Lipinski definition) is 3. The lowest BCUT2D eigenvalue weighted by Gasteiger charge is -2.36. The van der Waals surface area contributed by atoms with Crippen molar-refractivity contribution >= 4 is 17.9 Å². The van der Waals surface area contributed by atoms with Crippen LogP contribution in [0.1, 0.15) is 70.3 Å². The maximum Gasteiger partial charge on any atom is 0.234 e. The summed E-state index contributed by atoms with van der Waals surface area (Å²) in [5.74, 6) is -3.29. The molecule has 2 aliphatic carbocycles. The van der Waals surface area contributed by atoms with Crippen LogP contribution < -0.4 is 0 Å². The molecule has 4 rings (SSSR count). The number of phenols is 1. The summed E-state index contributed by atoms with van der Waals surface area (Å²) in [7, 11) is 1.56. The molecule has 2 amide bonds. The molecule has 3 N–H and O–H groups in total. The number of rotatable bonds is 10. The topological polar surface area (TPSA) is 107 Å². The molecule has 0 bridgehead atoms. The van der Waals surface area contributed by atoms with Crippen LogP contribution in [-0.2, 0) is 14.3 Å². The molecule has 1 aromatic carbocycles. The van der Waals surface area contributed by atoms with Gasteiger partial charge in [-0.1, -0.05) is 43.9 Å². The molecular formula is C30H40FNO6. The Hall–Kier alpha value is -2.55. The zero-order valence-corrected chi connectivity index (χ0v) is 22.4. The lowest BCUT2D eigenvalue weighted by molar-refractivity contribution is -0.143. The van der Waals surface area contributed by atoms with Gasteiger partial charge in [0.15, 0.2) is 11.6 Å². The summed E-state index contributed by atoms with van der Waals surface area (Å²) in [5.41, 5.74) is 3.02. The van der Waals surface area contributed by atoms with E-state index in [2.05, 4.69) is 0 Å². The fourth-order valence-electron chi connectivity index (χ4n) is 6.67. The molecule has 0 spiro atoms. The van der Waals surface area contributed by atoms with Crippen LogP contribution in [0.2, 0.25) is 0 Å². The zero-order valence-electron chi connectivity index (χ0n) is 22.4. The van der Waals surface area contributed by atoms with E-state index in [9.17, 15) is 29.3 Å². The number of carbonyl (C=O) groups is 2. The van der Waals surface area contributed by atoms with Crippen LogP contribution in [0, 0.1) is 23.6 Å². The summed E-state index contributed by atoms with van der Waals surface area (Å²) in [6, 6.07) is 4.14. The highest BCUT2D eigenvalue weighted by atomic mass is 19.1. The van der Waals surface area contributed by atoms with Crippen molar-refractivity contribution in [1.29, 1.82) is 0 Å². The average Bonchev–Trinajstić information content (AvgIpc) is 3.17. The standard InChI is InChI=1S/C30H40FNO6/c1-3-18(13-19-10-11-25(34)24(31)14-19)9-12-26(35)27-20(17-38-2)15-22-28(23(27)16-33)30(37)32(29(22)36)21-7-5-4-6-8-21/h10-11,13-14,21-23,26,28,33-35H,3-9,12,15-17H2,1-2H3/b18-13+/t22-,23+,26-,28-/m1/s1. The Morgan fingerprint density at radius 1 is 1.21 bits per heavy atom. The SMILES string of the molecule is CC/C(=C\c1ccc(O)c(F)c1)CC[C@@H](O)C1=C(COC)C[C@H]2C(=O)N(C3CCCCC3)C(=O)[C@H]2[C@H]1CO. The highest BCUT2D eigenvalue weighted by molar-refractivity contribution is 6.06. The van der Waals surface area contributed by atoms with E-state index >= 15 is 0 Å². The Labute approximate surface area is 224 Å². The second-order valence-electron chi connectivity index (χ2n) is 10.9. The Morgan fingerprint density at radius 2 is 1.95 bits per heavy atom. The molecule has 8 heteroatoms. The van der Waals surface area contributed by atoms with Gasteiger partial charge in [-0.25, -0.2) is 4.39 Å². The first-order valence-corrected chi connectivity index (χ1v) is 13.8. The number of methoxy groups -OCH3 is 1. The van der Waals surface area contributed by atoms with Gasteiger partial charge in [-0.05, 0) is 67.4 Å². The summed E-state index contributed by atoms with van der Waals surface area (Å²) in [6.07, 6.45) is 7.61. The molecule has 1 heterocycles. The predicted molar refractivity (Wildman–Crippen MR) is 141 cm³/mol. The van der Waals surface area contributed by atoms with Gasteiger partial charge in [0.25, 0.3) is 0 Å². The highest BCUT2D eigenvalue weighted by Gasteiger charge is 2.56. The van der Waals surface area contributed by atoms with Crippen molar-refractivity contribution in [2.45, 2.75) is 76.9 Å². The van der Waals surface area contributed by atoms with Gasteiger partial charge in [0.05, 0.1) is 31.2 Å². The molecule has 0 aromatic heterocycles. The van der Waals surface area contributed by atoms with Crippen LogP contribution in [0.15, 0.2) is 34.9 Å². The van der Waals surface area contributed by atoms with Crippen LogP contribution in [-0.4, -0.2) is 64.5 Å². The molecular weight excluding hydrogens is 489 g/mol. The van der Waals surface area contributed by atoms with E-state index in [1.165, 1.54) is 17.0 Å². The third-order valence-corrected chi connectivity index (χ3v) is 8.57. The zero-order chi connectivity index (χ0) is 27.4. The molecule has 1 aliphatic heterocycles. The number of nitrogens with zero attached hydrogens (tertiary/aromatic N) is 1. The second kappa shape index (κ2) is 12.5. The molecule has 4 atom stereocenters. The van der Waals surface area contributed by atoms with Crippen molar-refractivity contribution in [2.24, 2.45) is 17.8 Å². The molecule has 2 fully saturated rings. The van der Waals surface area contributed by atoms with E-state index in [0.717, 1.165) is 43.3 Å². The Bertz CT molecular complexity index is 1090. The second-order valence-corrected chi connectivity index (χ2v) is 10.9. The van der Waals surface area contributed by atoms with Crippen LogP contribution in [0.25, 0.3) is 6.08 Å². The van der Waals surface area contributed by atoms with Crippen LogP contribution in [0.3, 0.4) is 0 Å². The molecule has 0 unspecified atom stereocenters. The predicted octanol–water partition coefficient (Wildman–Crippen LogP) is 4.35. The third-order valence-electron chi connectivity index (χ3n) is 8.57. The maximum absolute atomic E-state index is 13.8. The lowest BCUT2D eigenvalue weighted by Crippen LogP contribution is -2.42. The summed E-state index contributed by atoms with van der Waals surface area (Å²) in [6.45, 7) is 1.87. The first-order chi connectivity index (χ1) is 18.3. The van der Waals surface area contributed by atoms with Gasteiger partial charge in [-0.2, -0.15) is 0 Å². The summed E-state index contributed by atoms with van der Waals surface area (Å²) >= 11 is 0. The number of aliphatic hydroxyl groups is 2. The number of carbonyl (C=O) groups excluding carboxylic acids is 2. The fraction of sp³-hybridized carbons (Fsp3) is 0.600. The van der Waals surface area contributed by atoms with Crippen molar-refractivity contribution in [3.8, 4) is 5.75 Å². The van der Waals surface area contributed by atoms with Gasteiger partial charge < -0.3 is 20.1 Å². The van der Waals surface area contributed by atoms with Gasteiger partial charge in [-0.3, -0.25) is 14.5 Å². The molecule has 1 saturated carbocycles. The smallest absolute Gasteiger partial charge is 0.234 e. The van der Waals surface area contributed by atoms with Crippen LogP contribution >= 0.6 is 0 Å². The number of imide groups is 1. The first-order valence-electron chi connectivity index (χ1n) is 13.8. The minimum atomic E-state index is -0.920. The number of hydrogen-bond acceptors (Lipinski definition) is 6. The van der Waals surface area contributed by atoms with E-state index in [-0.39, 0.29) is 31.1 Å². The summed E-state index contributed by atoms with van der Waals surface area (Å²) in [5, 5.41) is 31.3. The van der Waals surface area contributed by atoms with Gasteiger partial charge in [0, 0.05) is 19.1 Å². The number of allylic oxidation sites excluding steroid dienone is 1. The molecule has 38 heavy (non-hydrogen) atoms. The number of ether oxygens (including phenoxy) is 1. The lowest BCUT2D eigenvalue weighted by atomic mass is 9.68. The molecule has 7 nitrogen and oxygen atoms in total. The van der Waals surface area contributed by atoms with Gasteiger partial charge >= 0.3 is 0 Å². The van der Waals surface area contributed by atoms with E-state index in [4.69, 9.17) is 4.74 Å². The number of benzene rings is 1. The minimum Gasteiger partial charge on any atom is -0.505 e. The quantitative estimate of drug-likeness (QED) is 0.307. The molecule has 3 aliphatic rings. The van der Waals surface area contributed by atoms with E-state index < -0.39 is 35.4 Å². The van der Waals surface area contributed by atoms with Crippen molar-refractivity contribution in [2.75, 3.05) is 20.3 Å².